The van der Waals surface area contributed by atoms with Gasteiger partial charge in [0.1, 0.15) is 5.41 Å². The molecule has 6 nitrogen and oxygen atoms in total. The summed E-state index contributed by atoms with van der Waals surface area (Å²) in [6.45, 7) is 18.5. The summed E-state index contributed by atoms with van der Waals surface area (Å²) >= 11 is 8.03. The van der Waals surface area contributed by atoms with E-state index in [0.29, 0.717) is 24.7 Å². The lowest BCUT2D eigenvalue weighted by atomic mass is 9.33. The van der Waals surface area contributed by atoms with E-state index in [-0.39, 0.29) is 39.1 Å². The van der Waals surface area contributed by atoms with Crippen LogP contribution in [0.5, 0.6) is 0 Å². The maximum Gasteiger partial charge on any atom is 0.312 e. The number of carboxylic acids is 1. The minimum Gasteiger partial charge on any atom is -0.481 e. The van der Waals surface area contributed by atoms with Gasteiger partial charge in [-0.2, -0.15) is 0 Å². The monoisotopic (exact) mass is 790 g/mol. The Morgan fingerprint density at radius 3 is 2.29 bits per heavy atom. The van der Waals surface area contributed by atoms with Crippen LogP contribution in [0.3, 0.4) is 0 Å². The molecule has 9 unspecified atom stereocenters. The first-order valence-corrected chi connectivity index (χ1v) is 22.2. The summed E-state index contributed by atoms with van der Waals surface area (Å²) in [5.74, 6) is 0.0888. The van der Waals surface area contributed by atoms with E-state index in [1.165, 1.54) is 26.7 Å². The summed E-state index contributed by atoms with van der Waals surface area (Å²) in [5, 5.41) is 33.9. The van der Waals surface area contributed by atoms with Gasteiger partial charge in [0.25, 0.3) is 0 Å². The maximum atomic E-state index is 12.8. The van der Waals surface area contributed by atoms with Crippen molar-refractivity contribution in [2.45, 2.75) is 135 Å². The molecule has 55 heavy (non-hydrogen) atoms. The van der Waals surface area contributed by atoms with E-state index >= 15 is 0 Å². The molecule has 2 aromatic carbocycles. The molecule has 8 rings (SSSR count). The predicted molar refractivity (Wildman–Crippen MR) is 226 cm³/mol. The van der Waals surface area contributed by atoms with Crippen molar-refractivity contribution in [3.63, 3.8) is 0 Å². The van der Waals surface area contributed by atoms with Gasteiger partial charge in [-0.25, -0.2) is 0 Å². The van der Waals surface area contributed by atoms with Crippen molar-refractivity contribution in [2.75, 3.05) is 32.1 Å². The summed E-state index contributed by atoms with van der Waals surface area (Å²) in [4.78, 5) is 20.0. The first-order chi connectivity index (χ1) is 25.7. The van der Waals surface area contributed by atoms with Crippen molar-refractivity contribution in [2.24, 2.45) is 50.2 Å². The fourth-order valence-electron chi connectivity index (χ4n) is 13.3. The number of para-hydroxylation sites is 1. The number of allylic oxidation sites excluding steroid dienone is 2. The van der Waals surface area contributed by atoms with Crippen molar-refractivity contribution >= 4 is 40.7 Å². The molecule has 3 N–H and O–H groups in total. The van der Waals surface area contributed by atoms with Gasteiger partial charge in [0, 0.05) is 21.4 Å². The molecule has 302 valence electrons. The Morgan fingerprint density at radius 2 is 1.58 bits per heavy atom. The smallest absolute Gasteiger partial charge is 0.312 e. The predicted octanol–water partition coefficient (Wildman–Crippen LogP) is 11.1. The molecule has 0 bridgehead atoms. The molecule has 9 atom stereocenters. The summed E-state index contributed by atoms with van der Waals surface area (Å²) in [7, 11) is 4.23. The van der Waals surface area contributed by atoms with E-state index in [9.17, 15) is 20.1 Å². The zero-order valence-electron chi connectivity index (χ0n) is 34.9. The summed E-state index contributed by atoms with van der Waals surface area (Å²) in [6, 6.07) is 14.8. The van der Waals surface area contributed by atoms with E-state index in [2.05, 4.69) is 115 Å². The normalized spacial score (nSPS) is 38.1. The molecule has 0 spiro atoms. The highest BCUT2D eigenvalue weighted by Crippen LogP contribution is 2.75. The average Bonchev–Trinajstić information content (AvgIpc) is 3.10. The maximum absolute atomic E-state index is 12.8. The standard InChI is InChI=1S/C30H48O4.C17H19ClN2S/c1-25(2)14-15-30(24(33)34)19(16-25)18-8-9-21-27(5)12-11-22(31)26(3,4)20(27)10-13-28(21,6)29(18,7)17-23(30)32;1-19(2)10-5-11-20-14-6-3-4-7-16(14)21-17-9-8-13(18)12-15(17)20/h8,19-23,31-32H,9-17H2,1-7H3,(H,33,34);3-4,6-9,12H,5,10-11H2,1-2H3. The fraction of sp³-hybridized carbons (Fsp3) is 0.681. The lowest BCUT2D eigenvalue weighted by Crippen LogP contribution is -2.67. The van der Waals surface area contributed by atoms with Crippen LogP contribution in [0.1, 0.15) is 113 Å². The van der Waals surface area contributed by atoms with Gasteiger partial charge in [0.15, 0.2) is 0 Å². The number of nitrogens with zero attached hydrogens (tertiary/aromatic N) is 2. The van der Waals surface area contributed by atoms with Gasteiger partial charge in [-0.3, -0.25) is 4.79 Å². The Bertz CT molecular complexity index is 1830. The number of hydrogen-bond donors (Lipinski definition) is 3. The SMILES string of the molecule is CC1(C)CCC2(C(=O)O)C(O)CC3(C)C(=CCC4C5(C)CCC(O)C(C)(C)C5CCC43C)C2C1.CN(C)CCCN1c2ccccc2Sc2ccc(Cl)cc21. The number of anilines is 2. The van der Waals surface area contributed by atoms with Crippen LogP contribution in [0.4, 0.5) is 11.4 Å². The molecule has 0 aromatic heterocycles. The molecule has 4 saturated carbocycles. The molecule has 1 aliphatic heterocycles. The zero-order chi connectivity index (χ0) is 39.9. The number of fused-ring (bicyclic) bond motifs is 9. The molecule has 2 aromatic rings. The highest BCUT2D eigenvalue weighted by atomic mass is 35.5. The number of carboxylic acid groups (broad SMARTS) is 1. The van der Waals surface area contributed by atoms with Crippen molar-refractivity contribution in [3.8, 4) is 0 Å². The van der Waals surface area contributed by atoms with E-state index in [1.54, 1.807) is 0 Å². The topological polar surface area (TPSA) is 84.2 Å². The van der Waals surface area contributed by atoms with Crippen LogP contribution in [0, 0.1) is 50.2 Å². The van der Waals surface area contributed by atoms with Crippen molar-refractivity contribution < 1.29 is 20.1 Å². The van der Waals surface area contributed by atoms with Crippen LogP contribution in [0.25, 0.3) is 0 Å². The Kier molecular flexibility index (Phi) is 10.7. The number of aliphatic hydroxyl groups is 2. The van der Waals surface area contributed by atoms with Gasteiger partial charge >= 0.3 is 5.97 Å². The largest absolute Gasteiger partial charge is 0.481 e. The Labute approximate surface area is 340 Å². The van der Waals surface area contributed by atoms with Crippen LogP contribution in [-0.4, -0.2) is 65.6 Å². The Hall–Kier alpha value is -2.03. The summed E-state index contributed by atoms with van der Waals surface area (Å²) in [5.41, 5.74) is 2.81. The quantitative estimate of drug-likeness (QED) is 0.260. The summed E-state index contributed by atoms with van der Waals surface area (Å²) in [6.07, 6.45) is 10.5. The van der Waals surface area contributed by atoms with Gasteiger partial charge in [0.05, 0.1) is 23.6 Å². The second kappa shape index (κ2) is 14.4. The molecular formula is C47H67ClN2O4S. The van der Waals surface area contributed by atoms with Gasteiger partial charge < -0.3 is 25.1 Å². The third kappa shape index (κ3) is 6.53. The third-order valence-electron chi connectivity index (χ3n) is 16.6. The van der Waals surface area contributed by atoms with E-state index in [1.807, 2.05) is 17.8 Å². The average molecular weight is 792 g/mol. The molecule has 0 amide bonds. The van der Waals surface area contributed by atoms with Gasteiger partial charge in [-0.1, -0.05) is 95.6 Å². The Morgan fingerprint density at radius 1 is 0.873 bits per heavy atom. The molecule has 8 heteroatoms. The van der Waals surface area contributed by atoms with Gasteiger partial charge in [-0.05, 0) is 160 Å². The second-order valence-corrected chi connectivity index (χ2v) is 22.2. The van der Waals surface area contributed by atoms with Crippen LogP contribution >= 0.6 is 23.4 Å². The van der Waals surface area contributed by atoms with Crippen LogP contribution in [0.2, 0.25) is 5.02 Å². The zero-order valence-corrected chi connectivity index (χ0v) is 36.5. The third-order valence-corrected chi connectivity index (χ3v) is 18.0. The van der Waals surface area contributed by atoms with Crippen LogP contribution < -0.4 is 4.90 Å². The van der Waals surface area contributed by atoms with Crippen LogP contribution in [0.15, 0.2) is 63.9 Å². The number of aliphatic hydroxyl groups excluding tert-OH is 2. The van der Waals surface area contributed by atoms with E-state index in [4.69, 9.17) is 11.6 Å². The number of hydrogen-bond acceptors (Lipinski definition) is 6. The number of halogens is 1. The van der Waals surface area contributed by atoms with E-state index < -0.39 is 17.5 Å². The molecule has 0 saturated heterocycles. The molecule has 4 fully saturated rings. The number of benzene rings is 2. The van der Waals surface area contributed by atoms with E-state index in [0.717, 1.165) is 69.5 Å². The van der Waals surface area contributed by atoms with Crippen molar-refractivity contribution in [1.82, 2.24) is 4.90 Å². The highest BCUT2D eigenvalue weighted by Gasteiger charge is 2.71. The van der Waals surface area contributed by atoms with Gasteiger partial charge in [-0.15, -0.1) is 0 Å². The molecular weight excluding hydrogens is 724 g/mol. The molecule has 5 aliphatic carbocycles. The minimum absolute atomic E-state index is 0.0218. The lowest BCUT2D eigenvalue weighted by Gasteiger charge is -2.71. The molecule has 0 radical (unpaired) electrons. The summed E-state index contributed by atoms with van der Waals surface area (Å²) < 4.78 is 0. The number of aliphatic carboxylic acids is 1. The Balaban J connectivity index is 0.000000190. The van der Waals surface area contributed by atoms with Crippen LogP contribution in [-0.2, 0) is 4.79 Å². The van der Waals surface area contributed by atoms with Crippen molar-refractivity contribution in [3.05, 3.63) is 59.1 Å². The number of rotatable bonds is 5. The number of carbonyl (C=O) groups is 1. The van der Waals surface area contributed by atoms with Gasteiger partial charge in [0.2, 0.25) is 0 Å². The lowest BCUT2D eigenvalue weighted by molar-refractivity contribution is -0.218. The molecule has 1 heterocycles. The van der Waals surface area contributed by atoms with Crippen molar-refractivity contribution in [1.29, 1.82) is 0 Å². The molecule has 6 aliphatic rings. The first-order valence-electron chi connectivity index (χ1n) is 21.0. The fourth-order valence-corrected chi connectivity index (χ4v) is 14.5. The highest BCUT2D eigenvalue weighted by molar-refractivity contribution is 7.99. The minimum atomic E-state index is -1.04. The second-order valence-electron chi connectivity index (χ2n) is 20.6. The first kappa shape index (κ1) is 41.1.